The molecule has 0 bridgehead atoms. The van der Waals surface area contributed by atoms with Crippen LogP contribution in [-0.4, -0.2) is 22.8 Å². The van der Waals surface area contributed by atoms with E-state index in [2.05, 4.69) is 30.2 Å². The number of nitrogens with one attached hydrogen (secondary N) is 1. The van der Waals surface area contributed by atoms with Gasteiger partial charge < -0.3 is 9.88 Å². The summed E-state index contributed by atoms with van der Waals surface area (Å²) in [6, 6.07) is 8.41. The first-order chi connectivity index (χ1) is 9.63. The van der Waals surface area contributed by atoms with Crippen LogP contribution in [0.1, 0.15) is 31.9 Å². The van der Waals surface area contributed by atoms with Gasteiger partial charge in [0.15, 0.2) is 0 Å². The molecule has 1 aromatic heterocycles. The number of hydrogen-bond acceptors (Lipinski definition) is 1. The first kappa shape index (κ1) is 13.0. The Kier molecular flexibility index (Phi) is 3.13. The van der Waals surface area contributed by atoms with Gasteiger partial charge in [0.25, 0.3) is 0 Å². The molecule has 3 nitrogen and oxygen atoms in total. The molecule has 2 unspecified atom stereocenters. The van der Waals surface area contributed by atoms with Gasteiger partial charge in [-0.2, -0.15) is 0 Å². The molecule has 3 heteroatoms. The lowest BCUT2D eigenvalue weighted by atomic mass is 9.83. The van der Waals surface area contributed by atoms with Gasteiger partial charge in [0.05, 0.1) is 6.04 Å². The summed E-state index contributed by atoms with van der Waals surface area (Å²) in [6.45, 7) is 4.17. The van der Waals surface area contributed by atoms with Crippen LogP contribution < -0.4 is 0 Å². The number of piperidine rings is 1. The second-order valence-electron chi connectivity index (χ2n) is 5.65. The SMILES string of the molecule is C/C=C1\CC(C)C(c2c[nH]c3ccccc23)N(C)C1=O. The van der Waals surface area contributed by atoms with Crippen molar-refractivity contribution in [3.63, 3.8) is 0 Å². The zero-order valence-corrected chi connectivity index (χ0v) is 12.2. The lowest BCUT2D eigenvalue weighted by Gasteiger charge is -2.38. The molecule has 104 valence electrons. The summed E-state index contributed by atoms with van der Waals surface area (Å²) >= 11 is 0. The second kappa shape index (κ2) is 4.82. The number of nitrogens with zero attached hydrogens (tertiary/aromatic N) is 1. The van der Waals surface area contributed by atoms with Crippen LogP contribution in [0.4, 0.5) is 0 Å². The van der Waals surface area contributed by atoms with Gasteiger partial charge in [-0.15, -0.1) is 0 Å². The molecule has 20 heavy (non-hydrogen) atoms. The van der Waals surface area contributed by atoms with E-state index in [0.29, 0.717) is 5.92 Å². The normalized spacial score (nSPS) is 25.6. The molecule has 3 rings (SSSR count). The van der Waals surface area contributed by atoms with Gasteiger partial charge in [0.1, 0.15) is 0 Å². The number of carbonyl (C=O) groups is 1. The van der Waals surface area contributed by atoms with Crippen LogP contribution in [0.5, 0.6) is 0 Å². The van der Waals surface area contributed by atoms with Crippen molar-refractivity contribution in [1.29, 1.82) is 0 Å². The number of aromatic nitrogens is 1. The monoisotopic (exact) mass is 268 g/mol. The number of likely N-dealkylation sites (N-methyl/N-ethyl adjacent to an activating group) is 1. The summed E-state index contributed by atoms with van der Waals surface area (Å²) in [5.74, 6) is 0.573. The van der Waals surface area contributed by atoms with Crippen molar-refractivity contribution in [3.05, 3.63) is 47.7 Å². The summed E-state index contributed by atoms with van der Waals surface area (Å²) in [5.41, 5.74) is 3.28. The summed E-state index contributed by atoms with van der Waals surface area (Å²) in [5, 5.41) is 1.22. The second-order valence-corrected chi connectivity index (χ2v) is 5.65. The number of para-hydroxylation sites is 1. The van der Waals surface area contributed by atoms with E-state index in [4.69, 9.17) is 0 Å². The largest absolute Gasteiger partial charge is 0.361 e. The van der Waals surface area contributed by atoms with Gasteiger partial charge in [-0.1, -0.05) is 31.2 Å². The molecule has 2 heterocycles. The van der Waals surface area contributed by atoms with E-state index < -0.39 is 0 Å². The van der Waals surface area contributed by atoms with E-state index in [1.54, 1.807) is 0 Å². The van der Waals surface area contributed by atoms with Crippen LogP contribution in [0.15, 0.2) is 42.1 Å². The van der Waals surface area contributed by atoms with Crippen LogP contribution in [0.2, 0.25) is 0 Å². The van der Waals surface area contributed by atoms with Gasteiger partial charge in [-0.05, 0) is 25.3 Å². The van der Waals surface area contributed by atoms with Crippen LogP contribution in [0.25, 0.3) is 10.9 Å². The third-order valence-electron chi connectivity index (χ3n) is 4.38. The van der Waals surface area contributed by atoms with Crippen LogP contribution in [0.3, 0.4) is 0 Å². The fourth-order valence-electron chi connectivity index (χ4n) is 3.38. The number of H-pyrrole nitrogens is 1. The Balaban J connectivity index is 2.07. The molecule has 0 aliphatic carbocycles. The highest BCUT2D eigenvalue weighted by Crippen LogP contribution is 2.40. The summed E-state index contributed by atoms with van der Waals surface area (Å²) in [4.78, 5) is 17.6. The maximum atomic E-state index is 12.4. The third-order valence-corrected chi connectivity index (χ3v) is 4.38. The van der Waals surface area contributed by atoms with E-state index in [9.17, 15) is 4.79 Å². The van der Waals surface area contributed by atoms with Gasteiger partial charge in [-0.3, -0.25) is 4.79 Å². The molecule has 1 saturated heterocycles. The molecule has 1 aliphatic rings. The van der Waals surface area contributed by atoms with Gasteiger partial charge in [-0.25, -0.2) is 0 Å². The maximum absolute atomic E-state index is 12.4. The minimum Gasteiger partial charge on any atom is -0.361 e. The number of amides is 1. The predicted molar refractivity (Wildman–Crippen MR) is 81.3 cm³/mol. The molecule has 1 fully saturated rings. The van der Waals surface area contributed by atoms with Crippen molar-refractivity contribution in [3.8, 4) is 0 Å². The number of likely N-dealkylation sites (tertiary alicyclic amines) is 1. The minimum absolute atomic E-state index is 0.141. The maximum Gasteiger partial charge on any atom is 0.249 e. The van der Waals surface area contributed by atoms with Crippen LogP contribution in [-0.2, 0) is 4.79 Å². The number of hydrogen-bond donors (Lipinski definition) is 1. The molecule has 1 amide bonds. The topological polar surface area (TPSA) is 36.1 Å². The zero-order valence-electron chi connectivity index (χ0n) is 12.2. The number of carbonyl (C=O) groups excluding carboxylic acids is 1. The first-order valence-corrected chi connectivity index (χ1v) is 7.12. The fourth-order valence-corrected chi connectivity index (χ4v) is 3.38. The minimum atomic E-state index is 0.141. The van der Waals surface area contributed by atoms with E-state index in [0.717, 1.165) is 17.5 Å². The Bertz CT molecular complexity index is 683. The molecule has 0 radical (unpaired) electrons. The molecular formula is C17H20N2O. The number of fused-ring (bicyclic) bond motifs is 1. The van der Waals surface area contributed by atoms with Crippen molar-refractivity contribution in [2.24, 2.45) is 5.92 Å². The van der Waals surface area contributed by atoms with E-state index in [-0.39, 0.29) is 11.9 Å². The van der Waals surface area contributed by atoms with Crippen molar-refractivity contribution in [1.82, 2.24) is 9.88 Å². The number of aromatic amines is 1. The Hall–Kier alpha value is -2.03. The average molecular weight is 268 g/mol. The highest BCUT2D eigenvalue weighted by atomic mass is 16.2. The zero-order chi connectivity index (χ0) is 14.3. The molecular weight excluding hydrogens is 248 g/mol. The Morgan fingerprint density at radius 3 is 2.85 bits per heavy atom. The molecule has 1 aliphatic heterocycles. The summed E-state index contributed by atoms with van der Waals surface area (Å²) in [6.07, 6.45) is 4.85. The molecule has 0 saturated carbocycles. The van der Waals surface area contributed by atoms with Crippen molar-refractivity contribution < 1.29 is 4.79 Å². The van der Waals surface area contributed by atoms with Gasteiger partial charge in [0.2, 0.25) is 5.91 Å². The molecule has 1 N–H and O–H groups in total. The molecule has 1 aromatic carbocycles. The smallest absolute Gasteiger partial charge is 0.249 e. The summed E-state index contributed by atoms with van der Waals surface area (Å²) < 4.78 is 0. The Labute approximate surface area is 119 Å². The third kappa shape index (κ3) is 1.85. The molecule has 0 spiro atoms. The van der Waals surface area contributed by atoms with Crippen LogP contribution >= 0.6 is 0 Å². The van der Waals surface area contributed by atoms with E-state index in [1.165, 1.54) is 10.9 Å². The van der Waals surface area contributed by atoms with Crippen LogP contribution in [0, 0.1) is 5.92 Å². The Morgan fingerprint density at radius 2 is 2.10 bits per heavy atom. The quantitative estimate of drug-likeness (QED) is 0.787. The highest BCUT2D eigenvalue weighted by Gasteiger charge is 2.35. The van der Waals surface area contributed by atoms with Crippen molar-refractivity contribution in [2.45, 2.75) is 26.3 Å². The van der Waals surface area contributed by atoms with E-state index in [1.807, 2.05) is 37.1 Å². The van der Waals surface area contributed by atoms with E-state index >= 15 is 0 Å². The number of rotatable bonds is 1. The summed E-state index contributed by atoms with van der Waals surface area (Å²) in [7, 11) is 1.91. The standard InChI is InChI=1S/C17H20N2O/c1-4-12-9-11(2)16(19(3)17(12)20)14-10-18-15-8-6-5-7-13(14)15/h4-8,10-11,16,18H,9H2,1-3H3/b12-4+. The van der Waals surface area contributed by atoms with Gasteiger partial charge >= 0.3 is 0 Å². The Morgan fingerprint density at radius 1 is 1.35 bits per heavy atom. The van der Waals surface area contributed by atoms with Crippen molar-refractivity contribution in [2.75, 3.05) is 7.05 Å². The number of benzene rings is 1. The lowest BCUT2D eigenvalue weighted by Crippen LogP contribution is -2.40. The van der Waals surface area contributed by atoms with Crippen molar-refractivity contribution >= 4 is 16.8 Å². The van der Waals surface area contributed by atoms with Gasteiger partial charge in [0, 0.05) is 35.3 Å². The number of allylic oxidation sites excluding steroid dienone is 1. The molecule has 2 aromatic rings. The lowest BCUT2D eigenvalue weighted by molar-refractivity contribution is -0.131. The predicted octanol–water partition coefficient (Wildman–Crippen LogP) is 3.65. The highest BCUT2D eigenvalue weighted by molar-refractivity contribution is 5.95. The average Bonchev–Trinajstić information content (AvgIpc) is 2.87. The first-order valence-electron chi connectivity index (χ1n) is 7.12. The fraction of sp³-hybridized carbons (Fsp3) is 0.353. The molecule has 2 atom stereocenters.